The van der Waals surface area contributed by atoms with Crippen molar-refractivity contribution in [2.45, 2.75) is 38.9 Å². The normalized spacial score (nSPS) is 26.3. The van der Waals surface area contributed by atoms with Crippen molar-refractivity contribution < 1.29 is 9.47 Å². The lowest BCUT2D eigenvalue weighted by Gasteiger charge is -2.35. The number of morpholine rings is 1. The maximum absolute atomic E-state index is 5.72. The summed E-state index contributed by atoms with van der Waals surface area (Å²) in [6, 6.07) is 0. The van der Waals surface area contributed by atoms with Gasteiger partial charge in [0.1, 0.15) is 0 Å². The molecule has 0 aromatic carbocycles. The Morgan fingerprint density at radius 2 is 1.88 bits per heavy atom. The van der Waals surface area contributed by atoms with E-state index in [1.165, 1.54) is 19.4 Å². The summed E-state index contributed by atoms with van der Waals surface area (Å²) >= 11 is 0. The standard InChI is InChI=1S/C13H28N2O2/c1-12-10-15(11-13(2)17-12)8-5-4-6-14-7-9-16-3/h12-14H,4-11H2,1-3H3. The lowest BCUT2D eigenvalue weighted by molar-refractivity contribution is -0.0681. The number of ether oxygens (including phenoxy) is 2. The summed E-state index contributed by atoms with van der Waals surface area (Å²) in [7, 11) is 1.74. The van der Waals surface area contributed by atoms with Gasteiger partial charge in [0, 0.05) is 26.7 Å². The number of unbranched alkanes of at least 4 members (excludes halogenated alkanes) is 1. The Balaban J connectivity index is 1.95. The fraction of sp³-hybridized carbons (Fsp3) is 1.00. The Hall–Kier alpha value is -0.160. The van der Waals surface area contributed by atoms with Gasteiger partial charge in [-0.3, -0.25) is 4.90 Å². The molecule has 1 saturated heterocycles. The van der Waals surface area contributed by atoms with Gasteiger partial charge >= 0.3 is 0 Å². The van der Waals surface area contributed by atoms with Gasteiger partial charge in [-0.15, -0.1) is 0 Å². The molecule has 1 aliphatic heterocycles. The molecular weight excluding hydrogens is 216 g/mol. The van der Waals surface area contributed by atoms with Crippen molar-refractivity contribution in [3.8, 4) is 0 Å². The van der Waals surface area contributed by atoms with Crippen LogP contribution in [0.1, 0.15) is 26.7 Å². The minimum Gasteiger partial charge on any atom is -0.383 e. The Labute approximate surface area is 106 Å². The number of methoxy groups -OCH3 is 1. The van der Waals surface area contributed by atoms with Gasteiger partial charge in [-0.05, 0) is 39.8 Å². The van der Waals surface area contributed by atoms with Crippen LogP contribution in [0.5, 0.6) is 0 Å². The number of hydrogen-bond acceptors (Lipinski definition) is 4. The Kier molecular flexibility index (Phi) is 7.77. The Morgan fingerprint density at radius 1 is 1.18 bits per heavy atom. The van der Waals surface area contributed by atoms with Crippen molar-refractivity contribution in [2.75, 3.05) is 46.4 Å². The van der Waals surface area contributed by atoms with Crippen LogP contribution in [0.15, 0.2) is 0 Å². The molecule has 2 atom stereocenters. The highest BCUT2D eigenvalue weighted by atomic mass is 16.5. The van der Waals surface area contributed by atoms with Gasteiger partial charge in [-0.2, -0.15) is 0 Å². The molecule has 0 aromatic rings. The fourth-order valence-corrected chi connectivity index (χ4v) is 2.35. The summed E-state index contributed by atoms with van der Waals surface area (Å²) in [5, 5.41) is 3.37. The molecule has 0 spiro atoms. The fourth-order valence-electron chi connectivity index (χ4n) is 2.35. The third-order valence-electron chi connectivity index (χ3n) is 3.06. The highest BCUT2D eigenvalue weighted by Crippen LogP contribution is 2.10. The molecule has 102 valence electrons. The van der Waals surface area contributed by atoms with E-state index in [-0.39, 0.29) is 0 Å². The third-order valence-corrected chi connectivity index (χ3v) is 3.06. The molecule has 1 rings (SSSR count). The van der Waals surface area contributed by atoms with Gasteiger partial charge in [0.15, 0.2) is 0 Å². The average molecular weight is 244 g/mol. The van der Waals surface area contributed by atoms with Crippen molar-refractivity contribution in [1.82, 2.24) is 10.2 Å². The van der Waals surface area contributed by atoms with E-state index >= 15 is 0 Å². The largest absolute Gasteiger partial charge is 0.383 e. The summed E-state index contributed by atoms with van der Waals surface area (Å²) in [5.41, 5.74) is 0. The number of nitrogens with one attached hydrogen (secondary N) is 1. The molecule has 1 N–H and O–H groups in total. The van der Waals surface area contributed by atoms with Crippen molar-refractivity contribution in [3.63, 3.8) is 0 Å². The SMILES string of the molecule is COCCNCCCCN1CC(C)OC(C)C1. The first kappa shape index (κ1) is 14.9. The molecule has 1 heterocycles. The van der Waals surface area contributed by atoms with Crippen LogP contribution in [0, 0.1) is 0 Å². The smallest absolute Gasteiger partial charge is 0.0678 e. The molecule has 1 fully saturated rings. The highest BCUT2D eigenvalue weighted by Gasteiger charge is 2.21. The Bertz CT molecular complexity index is 180. The molecule has 17 heavy (non-hydrogen) atoms. The lowest BCUT2D eigenvalue weighted by Crippen LogP contribution is -2.45. The zero-order valence-electron chi connectivity index (χ0n) is 11.6. The van der Waals surface area contributed by atoms with Crippen molar-refractivity contribution >= 4 is 0 Å². The predicted molar refractivity (Wildman–Crippen MR) is 70.4 cm³/mol. The van der Waals surface area contributed by atoms with E-state index in [0.717, 1.165) is 32.8 Å². The van der Waals surface area contributed by atoms with Crippen LogP contribution >= 0.6 is 0 Å². The van der Waals surface area contributed by atoms with E-state index in [2.05, 4.69) is 24.1 Å². The van der Waals surface area contributed by atoms with E-state index < -0.39 is 0 Å². The van der Waals surface area contributed by atoms with Gasteiger partial charge < -0.3 is 14.8 Å². The molecule has 0 radical (unpaired) electrons. The number of nitrogens with zero attached hydrogens (tertiary/aromatic N) is 1. The summed E-state index contributed by atoms with van der Waals surface area (Å²) in [6.07, 6.45) is 3.28. The molecule has 0 bridgehead atoms. The molecule has 0 amide bonds. The number of hydrogen-bond donors (Lipinski definition) is 1. The first-order valence-corrected chi connectivity index (χ1v) is 6.80. The second-order valence-electron chi connectivity index (χ2n) is 4.97. The first-order valence-electron chi connectivity index (χ1n) is 6.80. The monoisotopic (exact) mass is 244 g/mol. The molecule has 0 aromatic heterocycles. The molecule has 4 heteroatoms. The average Bonchev–Trinajstić information content (AvgIpc) is 2.26. The Morgan fingerprint density at radius 3 is 2.53 bits per heavy atom. The summed E-state index contributed by atoms with van der Waals surface area (Å²) < 4.78 is 10.7. The summed E-state index contributed by atoms with van der Waals surface area (Å²) in [4.78, 5) is 2.52. The predicted octanol–water partition coefficient (Wildman–Crippen LogP) is 1.11. The maximum atomic E-state index is 5.72. The van der Waals surface area contributed by atoms with E-state index in [1.54, 1.807) is 7.11 Å². The van der Waals surface area contributed by atoms with Gasteiger partial charge in [-0.1, -0.05) is 0 Å². The van der Waals surface area contributed by atoms with Gasteiger partial charge in [0.25, 0.3) is 0 Å². The van der Waals surface area contributed by atoms with Crippen molar-refractivity contribution in [3.05, 3.63) is 0 Å². The minimum absolute atomic E-state index is 0.388. The first-order chi connectivity index (χ1) is 8.22. The quantitative estimate of drug-likeness (QED) is 0.649. The maximum Gasteiger partial charge on any atom is 0.0678 e. The van der Waals surface area contributed by atoms with Crippen LogP contribution in [-0.2, 0) is 9.47 Å². The summed E-state index contributed by atoms with van der Waals surface area (Å²) in [5.74, 6) is 0. The van der Waals surface area contributed by atoms with Crippen LogP contribution < -0.4 is 5.32 Å². The minimum atomic E-state index is 0.388. The topological polar surface area (TPSA) is 33.7 Å². The van der Waals surface area contributed by atoms with E-state index in [1.807, 2.05) is 0 Å². The second kappa shape index (κ2) is 8.86. The third kappa shape index (κ3) is 6.99. The zero-order chi connectivity index (χ0) is 12.5. The van der Waals surface area contributed by atoms with Crippen LogP contribution in [0.25, 0.3) is 0 Å². The molecule has 0 aliphatic carbocycles. The van der Waals surface area contributed by atoms with Crippen molar-refractivity contribution in [1.29, 1.82) is 0 Å². The van der Waals surface area contributed by atoms with E-state index in [4.69, 9.17) is 9.47 Å². The van der Waals surface area contributed by atoms with E-state index in [0.29, 0.717) is 12.2 Å². The molecule has 4 nitrogen and oxygen atoms in total. The van der Waals surface area contributed by atoms with Crippen LogP contribution in [0.4, 0.5) is 0 Å². The highest BCUT2D eigenvalue weighted by molar-refractivity contribution is 4.72. The van der Waals surface area contributed by atoms with Crippen LogP contribution in [0.2, 0.25) is 0 Å². The van der Waals surface area contributed by atoms with Gasteiger partial charge in [0.2, 0.25) is 0 Å². The molecule has 2 unspecified atom stereocenters. The van der Waals surface area contributed by atoms with E-state index in [9.17, 15) is 0 Å². The molecule has 1 aliphatic rings. The van der Waals surface area contributed by atoms with Gasteiger partial charge in [0.05, 0.1) is 18.8 Å². The second-order valence-corrected chi connectivity index (χ2v) is 4.97. The number of rotatable bonds is 8. The molecule has 0 saturated carbocycles. The lowest BCUT2D eigenvalue weighted by atomic mass is 10.2. The molecular formula is C13H28N2O2. The van der Waals surface area contributed by atoms with Gasteiger partial charge in [-0.25, -0.2) is 0 Å². The van der Waals surface area contributed by atoms with Crippen LogP contribution in [0.3, 0.4) is 0 Å². The van der Waals surface area contributed by atoms with Crippen LogP contribution in [-0.4, -0.2) is 63.5 Å². The van der Waals surface area contributed by atoms with Crippen molar-refractivity contribution in [2.24, 2.45) is 0 Å². The summed E-state index contributed by atoms with van der Waals surface area (Å²) in [6.45, 7) is 10.6. The zero-order valence-corrected chi connectivity index (χ0v) is 11.6.